The van der Waals surface area contributed by atoms with Gasteiger partial charge in [-0.25, -0.2) is 17.8 Å². The Morgan fingerprint density at radius 3 is 2.12 bits per heavy atom. The molecule has 0 radical (unpaired) electrons. The van der Waals surface area contributed by atoms with Crippen LogP contribution < -0.4 is 0 Å². The van der Waals surface area contributed by atoms with E-state index in [0.717, 1.165) is 36.6 Å². The highest BCUT2D eigenvalue weighted by Gasteiger charge is 2.25. The van der Waals surface area contributed by atoms with Crippen LogP contribution in [-0.4, -0.2) is 19.7 Å². The number of hydrogen-bond donors (Lipinski definition) is 0. The van der Waals surface area contributed by atoms with E-state index >= 15 is 0 Å². The van der Waals surface area contributed by atoms with Crippen molar-refractivity contribution in [3.63, 3.8) is 0 Å². The summed E-state index contributed by atoms with van der Waals surface area (Å²) in [7, 11) is -3.30. The maximum absolute atomic E-state index is 13.2. The highest BCUT2D eigenvalue weighted by atomic mass is 32.2. The molecular weight excluding hydrogens is 325 g/mol. The first-order valence-electron chi connectivity index (χ1n) is 8.03. The molecule has 0 saturated carbocycles. The summed E-state index contributed by atoms with van der Waals surface area (Å²) in [6, 6.07) is 9.94. The number of halogens is 1. The standard InChI is InChI=1S/C19H20FNO2S/c1-3-13-10-17(14-4-7-16(20)8-5-14)18(11-13)15-6-9-19(21-12-15)24(2,22)23/h4-9,12-13H,3,10-11H2,1-2H3. The number of nitrogens with zero attached hydrogens (tertiary/aromatic N) is 1. The Labute approximate surface area is 142 Å². The normalized spacial score (nSPS) is 18.2. The summed E-state index contributed by atoms with van der Waals surface area (Å²) in [5.74, 6) is 0.305. The van der Waals surface area contributed by atoms with E-state index in [-0.39, 0.29) is 10.8 Å². The van der Waals surface area contributed by atoms with Crippen molar-refractivity contribution < 1.29 is 12.8 Å². The van der Waals surface area contributed by atoms with E-state index in [4.69, 9.17) is 0 Å². The van der Waals surface area contributed by atoms with Crippen molar-refractivity contribution in [2.45, 2.75) is 31.2 Å². The fourth-order valence-corrected chi connectivity index (χ4v) is 3.76. The lowest BCUT2D eigenvalue weighted by molar-refractivity contribution is 0.558. The Kier molecular flexibility index (Phi) is 4.54. The molecule has 1 unspecified atom stereocenters. The molecule has 0 aliphatic heterocycles. The minimum Gasteiger partial charge on any atom is -0.244 e. The number of allylic oxidation sites excluding steroid dienone is 2. The molecule has 1 aliphatic rings. The Morgan fingerprint density at radius 2 is 1.62 bits per heavy atom. The first-order valence-corrected chi connectivity index (χ1v) is 9.92. The van der Waals surface area contributed by atoms with Gasteiger partial charge in [-0.3, -0.25) is 0 Å². The lowest BCUT2D eigenvalue weighted by Gasteiger charge is -2.08. The Balaban J connectivity index is 2.04. The SMILES string of the molecule is CCC1CC(c2ccc(F)cc2)=C(c2ccc(S(C)(=O)=O)nc2)C1. The molecule has 3 nitrogen and oxygen atoms in total. The van der Waals surface area contributed by atoms with Gasteiger partial charge >= 0.3 is 0 Å². The van der Waals surface area contributed by atoms with Crippen LogP contribution in [0.4, 0.5) is 4.39 Å². The van der Waals surface area contributed by atoms with Gasteiger partial charge in [-0.2, -0.15) is 0 Å². The van der Waals surface area contributed by atoms with Gasteiger partial charge in [0, 0.05) is 12.5 Å². The lowest BCUT2D eigenvalue weighted by atomic mass is 9.98. The van der Waals surface area contributed by atoms with E-state index in [1.54, 1.807) is 24.4 Å². The Bertz CT molecular complexity index is 869. The molecule has 0 saturated heterocycles. The highest BCUT2D eigenvalue weighted by molar-refractivity contribution is 7.90. The van der Waals surface area contributed by atoms with Gasteiger partial charge in [-0.15, -0.1) is 0 Å². The van der Waals surface area contributed by atoms with Crippen LogP contribution in [-0.2, 0) is 9.84 Å². The third-order valence-electron chi connectivity index (χ3n) is 4.58. The monoisotopic (exact) mass is 345 g/mol. The Hall–Kier alpha value is -2.01. The van der Waals surface area contributed by atoms with E-state index in [2.05, 4.69) is 11.9 Å². The van der Waals surface area contributed by atoms with E-state index in [1.165, 1.54) is 23.3 Å². The summed E-state index contributed by atoms with van der Waals surface area (Å²) < 4.78 is 36.4. The molecule has 1 atom stereocenters. The van der Waals surface area contributed by atoms with Crippen LogP contribution in [0.1, 0.15) is 37.3 Å². The van der Waals surface area contributed by atoms with Crippen molar-refractivity contribution in [1.29, 1.82) is 0 Å². The molecule has 0 fully saturated rings. The number of pyridine rings is 1. The molecule has 24 heavy (non-hydrogen) atoms. The number of sulfone groups is 1. The zero-order valence-electron chi connectivity index (χ0n) is 13.8. The molecule has 0 bridgehead atoms. The summed E-state index contributed by atoms with van der Waals surface area (Å²) in [4.78, 5) is 4.11. The summed E-state index contributed by atoms with van der Waals surface area (Å²) in [6.07, 6.45) is 5.74. The van der Waals surface area contributed by atoms with Gasteiger partial charge < -0.3 is 0 Å². The number of rotatable bonds is 4. The summed E-state index contributed by atoms with van der Waals surface area (Å²) in [5.41, 5.74) is 4.35. The van der Waals surface area contributed by atoms with Crippen LogP contribution in [0.25, 0.3) is 11.1 Å². The average Bonchev–Trinajstić information content (AvgIpc) is 2.99. The summed E-state index contributed by atoms with van der Waals surface area (Å²) in [5, 5.41) is 0.0835. The van der Waals surface area contributed by atoms with Gasteiger partial charge in [0.15, 0.2) is 14.9 Å². The van der Waals surface area contributed by atoms with E-state index in [1.807, 2.05) is 6.07 Å². The van der Waals surface area contributed by atoms with Crippen LogP contribution in [0.2, 0.25) is 0 Å². The van der Waals surface area contributed by atoms with Crippen molar-refractivity contribution in [3.8, 4) is 0 Å². The van der Waals surface area contributed by atoms with Gasteiger partial charge in [-0.05, 0) is 59.2 Å². The van der Waals surface area contributed by atoms with Crippen LogP contribution in [0.15, 0.2) is 47.6 Å². The maximum atomic E-state index is 13.2. The molecule has 3 rings (SSSR count). The van der Waals surface area contributed by atoms with Gasteiger partial charge in [0.2, 0.25) is 0 Å². The molecule has 5 heteroatoms. The van der Waals surface area contributed by atoms with Crippen LogP contribution in [0.5, 0.6) is 0 Å². The van der Waals surface area contributed by atoms with Crippen LogP contribution >= 0.6 is 0 Å². The third-order valence-corrected chi connectivity index (χ3v) is 5.59. The predicted octanol–water partition coefficient (Wildman–Crippen LogP) is 4.36. The van der Waals surface area contributed by atoms with Crippen molar-refractivity contribution in [2.24, 2.45) is 5.92 Å². The van der Waals surface area contributed by atoms with E-state index in [9.17, 15) is 12.8 Å². The van der Waals surface area contributed by atoms with Gasteiger partial charge in [0.1, 0.15) is 5.82 Å². The smallest absolute Gasteiger partial charge is 0.192 e. The maximum Gasteiger partial charge on any atom is 0.192 e. The van der Waals surface area contributed by atoms with Gasteiger partial charge in [-0.1, -0.05) is 31.5 Å². The molecule has 1 heterocycles. The minimum absolute atomic E-state index is 0.0835. The Morgan fingerprint density at radius 1 is 1.04 bits per heavy atom. The largest absolute Gasteiger partial charge is 0.244 e. The first kappa shape index (κ1) is 16.8. The predicted molar refractivity (Wildman–Crippen MR) is 93.6 cm³/mol. The van der Waals surface area contributed by atoms with Crippen molar-refractivity contribution in [3.05, 3.63) is 59.5 Å². The third kappa shape index (κ3) is 3.41. The minimum atomic E-state index is -3.30. The van der Waals surface area contributed by atoms with Crippen molar-refractivity contribution >= 4 is 21.0 Å². The molecule has 0 N–H and O–H groups in total. The zero-order valence-corrected chi connectivity index (χ0v) is 14.6. The molecular formula is C19H20FNO2S. The van der Waals surface area contributed by atoms with E-state index in [0.29, 0.717) is 5.92 Å². The topological polar surface area (TPSA) is 47.0 Å². The number of hydrogen-bond acceptors (Lipinski definition) is 3. The first-order chi connectivity index (χ1) is 11.4. The van der Waals surface area contributed by atoms with Crippen molar-refractivity contribution in [1.82, 2.24) is 4.98 Å². The number of benzene rings is 1. The molecule has 1 aliphatic carbocycles. The van der Waals surface area contributed by atoms with E-state index < -0.39 is 9.84 Å². The average molecular weight is 345 g/mol. The quantitative estimate of drug-likeness (QED) is 0.827. The fourth-order valence-electron chi connectivity index (χ4n) is 3.20. The highest BCUT2D eigenvalue weighted by Crippen LogP contribution is 2.44. The summed E-state index contributed by atoms with van der Waals surface area (Å²) >= 11 is 0. The fraction of sp³-hybridized carbons (Fsp3) is 0.316. The molecule has 0 spiro atoms. The molecule has 2 aromatic rings. The molecule has 1 aromatic carbocycles. The second kappa shape index (κ2) is 6.48. The second-order valence-electron chi connectivity index (χ2n) is 6.30. The van der Waals surface area contributed by atoms with Crippen molar-refractivity contribution in [2.75, 3.05) is 6.26 Å². The molecule has 126 valence electrons. The zero-order chi connectivity index (χ0) is 17.3. The van der Waals surface area contributed by atoms with Crippen LogP contribution in [0, 0.1) is 11.7 Å². The number of aromatic nitrogens is 1. The van der Waals surface area contributed by atoms with Crippen LogP contribution in [0.3, 0.4) is 0 Å². The van der Waals surface area contributed by atoms with Gasteiger partial charge in [0.05, 0.1) is 0 Å². The van der Waals surface area contributed by atoms with Gasteiger partial charge in [0.25, 0.3) is 0 Å². The summed E-state index contributed by atoms with van der Waals surface area (Å²) in [6.45, 7) is 2.17. The lowest BCUT2D eigenvalue weighted by Crippen LogP contribution is -2.00. The molecule has 1 aromatic heterocycles. The second-order valence-corrected chi connectivity index (χ2v) is 8.27. The molecule has 0 amide bonds.